The summed E-state index contributed by atoms with van der Waals surface area (Å²) in [5.74, 6) is 1.40. The molecule has 0 aromatic heterocycles. The Morgan fingerprint density at radius 3 is 2.79 bits per heavy atom. The number of hydrogen-bond acceptors (Lipinski definition) is 1. The van der Waals surface area contributed by atoms with E-state index in [9.17, 15) is 4.79 Å². The van der Waals surface area contributed by atoms with Gasteiger partial charge in [-0.3, -0.25) is 4.79 Å². The van der Waals surface area contributed by atoms with Gasteiger partial charge in [-0.15, -0.1) is 6.58 Å². The van der Waals surface area contributed by atoms with E-state index in [-0.39, 0.29) is 11.3 Å². The molecule has 2 heteroatoms. The van der Waals surface area contributed by atoms with Gasteiger partial charge >= 0.3 is 0 Å². The first-order chi connectivity index (χ1) is 6.49. The Hall–Kier alpha value is -0.790. The van der Waals surface area contributed by atoms with E-state index in [1.54, 1.807) is 6.08 Å². The number of rotatable bonds is 2. The van der Waals surface area contributed by atoms with Gasteiger partial charge in [0.1, 0.15) is 0 Å². The molecular weight excluding hydrogens is 174 g/mol. The van der Waals surface area contributed by atoms with Crippen LogP contribution in [0.1, 0.15) is 33.6 Å². The fraction of sp³-hybridized carbons (Fsp3) is 0.750. The molecule has 0 bridgehead atoms. The van der Waals surface area contributed by atoms with Gasteiger partial charge in [0.05, 0.1) is 5.41 Å². The Bertz CT molecular complexity index is 234. The Morgan fingerprint density at radius 1 is 1.64 bits per heavy atom. The van der Waals surface area contributed by atoms with Crippen LogP contribution in [0.25, 0.3) is 0 Å². The topological polar surface area (TPSA) is 29.1 Å². The normalized spacial score (nSPS) is 33.7. The number of nitrogens with one attached hydrogen (secondary N) is 1. The quantitative estimate of drug-likeness (QED) is 0.673. The third-order valence-electron chi connectivity index (χ3n) is 3.40. The monoisotopic (exact) mass is 195 g/mol. The number of amides is 1. The average Bonchev–Trinajstić information content (AvgIpc) is 2.28. The SMILES string of the molecule is C=CC1(C)CC(C(C)C)CCNC1=O. The van der Waals surface area contributed by atoms with E-state index in [1.165, 1.54) is 0 Å². The lowest BCUT2D eigenvalue weighted by Crippen LogP contribution is -2.36. The molecule has 80 valence electrons. The first-order valence-corrected chi connectivity index (χ1v) is 5.41. The summed E-state index contributed by atoms with van der Waals surface area (Å²) in [6.45, 7) is 11.0. The molecule has 0 spiro atoms. The second-order valence-corrected chi connectivity index (χ2v) is 4.87. The van der Waals surface area contributed by atoms with Crippen molar-refractivity contribution in [2.45, 2.75) is 33.6 Å². The highest BCUT2D eigenvalue weighted by Crippen LogP contribution is 2.34. The Kier molecular flexibility index (Phi) is 3.35. The smallest absolute Gasteiger partial charge is 0.229 e. The molecule has 1 rings (SSSR count). The molecule has 1 aliphatic rings. The Labute approximate surface area is 86.8 Å². The highest BCUT2D eigenvalue weighted by molar-refractivity contribution is 5.84. The lowest BCUT2D eigenvalue weighted by Gasteiger charge is -2.27. The minimum Gasteiger partial charge on any atom is -0.355 e. The van der Waals surface area contributed by atoms with Crippen molar-refractivity contribution >= 4 is 5.91 Å². The fourth-order valence-electron chi connectivity index (χ4n) is 2.06. The maximum atomic E-state index is 11.8. The largest absolute Gasteiger partial charge is 0.355 e. The van der Waals surface area contributed by atoms with Gasteiger partial charge in [0.25, 0.3) is 0 Å². The summed E-state index contributed by atoms with van der Waals surface area (Å²) >= 11 is 0. The second-order valence-electron chi connectivity index (χ2n) is 4.87. The molecule has 2 atom stereocenters. The molecule has 1 aliphatic heterocycles. The molecule has 1 N–H and O–H groups in total. The molecule has 2 nitrogen and oxygen atoms in total. The summed E-state index contributed by atoms with van der Waals surface area (Å²) in [4.78, 5) is 11.8. The average molecular weight is 195 g/mol. The molecule has 0 saturated carbocycles. The maximum Gasteiger partial charge on any atom is 0.229 e. The Morgan fingerprint density at radius 2 is 2.29 bits per heavy atom. The van der Waals surface area contributed by atoms with Crippen LogP contribution >= 0.6 is 0 Å². The minimum absolute atomic E-state index is 0.135. The first-order valence-electron chi connectivity index (χ1n) is 5.41. The summed E-state index contributed by atoms with van der Waals surface area (Å²) in [6.07, 6.45) is 3.82. The third kappa shape index (κ3) is 2.17. The number of carbonyl (C=O) groups is 1. The summed E-state index contributed by atoms with van der Waals surface area (Å²) in [5, 5.41) is 2.96. The van der Waals surface area contributed by atoms with E-state index in [0.29, 0.717) is 11.8 Å². The number of hydrogen-bond donors (Lipinski definition) is 1. The van der Waals surface area contributed by atoms with Gasteiger partial charge in [-0.05, 0) is 31.6 Å². The molecule has 0 aromatic carbocycles. The van der Waals surface area contributed by atoms with Crippen molar-refractivity contribution < 1.29 is 4.79 Å². The van der Waals surface area contributed by atoms with E-state index in [1.807, 2.05) is 6.92 Å². The van der Waals surface area contributed by atoms with Crippen LogP contribution < -0.4 is 5.32 Å². The van der Waals surface area contributed by atoms with Crippen molar-refractivity contribution in [3.05, 3.63) is 12.7 Å². The van der Waals surface area contributed by atoms with Gasteiger partial charge in [0.15, 0.2) is 0 Å². The van der Waals surface area contributed by atoms with Crippen LogP contribution in [-0.4, -0.2) is 12.5 Å². The molecular formula is C12H21NO. The molecule has 0 aromatic rings. The fourth-order valence-corrected chi connectivity index (χ4v) is 2.06. The molecule has 1 fully saturated rings. The van der Waals surface area contributed by atoms with E-state index in [2.05, 4.69) is 25.7 Å². The van der Waals surface area contributed by atoms with Gasteiger partial charge in [0, 0.05) is 6.54 Å². The first kappa shape index (κ1) is 11.3. The highest BCUT2D eigenvalue weighted by Gasteiger charge is 2.35. The van der Waals surface area contributed by atoms with Crippen molar-refractivity contribution in [3.63, 3.8) is 0 Å². The van der Waals surface area contributed by atoms with Gasteiger partial charge in [-0.1, -0.05) is 19.9 Å². The van der Waals surface area contributed by atoms with Crippen molar-refractivity contribution in [3.8, 4) is 0 Å². The van der Waals surface area contributed by atoms with Gasteiger partial charge in [-0.2, -0.15) is 0 Å². The predicted octanol–water partition coefficient (Wildman–Crippen LogP) is 2.36. The van der Waals surface area contributed by atoms with Crippen LogP contribution in [0.2, 0.25) is 0 Å². The molecule has 1 heterocycles. The van der Waals surface area contributed by atoms with Crippen LogP contribution in [0.3, 0.4) is 0 Å². The molecule has 0 aliphatic carbocycles. The number of carbonyl (C=O) groups excluding carboxylic acids is 1. The molecule has 1 saturated heterocycles. The van der Waals surface area contributed by atoms with E-state index >= 15 is 0 Å². The van der Waals surface area contributed by atoms with Gasteiger partial charge in [0.2, 0.25) is 5.91 Å². The van der Waals surface area contributed by atoms with Crippen molar-refractivity contribution in [1.29, 1.82) is 0 Å². The molecule has 1 amide bonds. The summed E-state index contributed by atoms with van der Waals surface area (Å²) in [7, 11) is 0. The van der Waals surface area contributed by atoms with Crippen molar-refractivity contribution in [2.24, 2.45) is 17.3 Å². The standard InChI is InChI=1S/C12H21NO/c1-5-12(4)8-10(9(2)3)6-7-13-11(12)14/h5,9-10H,1,6-8H2,2-4H3,(H,13,14). The second kappa shape index (κ2) is 4.16. The lowest BCUT2D eigenvalue weighted by atomic mass is 9.76. The summed E-state index contributed by atoms with van der Waals surface area (Å²) < 4.78 is 0. The van der Waals surface area contributed by atoms with E-state index in [4.69, 9.17) is 0 Å². The zero-order valence-corrected chi connectivity index (χ0v) is 9.47. The summed E-state index contributed by atoms with van der Waals surface area (Å²) in [5.41, 5.74) is -0.370. The molecule has 0 radical (unpaired) electrons. The van der Waals surface area contributed by atoms with Gasteiger partial charge in [-0.25, -0.2) is 0 Å². The Balaban J connectivity index is 2.82. The van der Waals surface area contributed by atoms with E-state index in [0.717, 1.165) is 19.4 Å². The van der Waals surface area contributed by atoms with Crippen molar-refractivity contribution in [2.75, 3.05) is 6.54 Å². The lowest BCUT2D eigenvalue weighted by molar-refractivity contribution is -0.127. The van der Waals surface area contributed by atoms with Crippen LogP contribution in [0.15, 0.2) is 12.7 Å². The van der Waals surface area contributed by atoms with Crippen LogP contribution in [0, 0.1) is 17.3 Å². The maximum absolute atomic E-state index is 11.8. The van der Waals surface area contributed by atoms with Gasteiger partial charge < -0.3 is 5.32 Å². The zero-order chi connectivity index (χ0) is 10.8. The molecule has 14 heavy (non-hydrogen) atoms. The van der Waals surface area contributed by atoms with Crippen molar-refractivity contribution in [1.82, 2.24) is 5.32 Å². The van der Waals surface area contributed by atoms with Crippen LogP contribution in [0.4, 0.5) is 0 Å². The summed E-state index contributed by atoms with van der Waals surface area (Å²) in [6, 6.07) is 0. The minimum atomic E-state index is -0.370. The van der Waals surface area contributed by atoms with Crippen LogP contribution in [-0.2, 0) is 4.79 Å². The van der Waals surface area contributed by atoms with E-state index < -0.39 is 0 Å². The predicted molar refractivity (Wildman–Crippen MR) is 58.9 cm³/mol. The zero-order valence-electron chi connectivity index (χ0n) is 9.47. The molecule has 2 unspecified atom stereocenters. The highest BCUT2D eigenvalue weighted by atomic mass is 16.2. The van der Waals surface area contributed by atoms with Crippen LogP contribution in [0.5, 0.6) is 0 Å². The third-order valence-corrected chi connectivity index (χ3v) is 3.40.